The van der Waals surface area contributed by atoms with Gasteiger partial charge in [0.1, 0.15) is 0 Å². The van der Waals surface area contributed by atoms with Crippen molar-refractivity contribution in [3.63, 3.8) is 0 Å². The molecule has 0 saturated heterocycles. The molecule has 28 heavy (non-hydrogen) atoms. The quantitative estimate of drug-likeness (QED) is 0.461. The molecule has 0 radical (unpaired) electrons. The maximum atomic E-state index is 11.0. The lowest BCUT2D eigenvalue weighted by Crippen LogP contribution is -1.96. The van der Waals surface area contributed by atoms with Gasteiger partial charge in [-0.1, -0.05) is 44.2 Å². The first-order chi connectivity index (χ1) is 13.4. The van der Waals surface area contributed by atoms with Gasteiger partial charge in [0.2, 0.25) is 0 Å². The number of H-pyrrole nitrogens is 1. The Morgan fingerprint density at radius 3 is 2.39 bits per heavy atom. The van der Waals surface area contributed by atoms with E-state index < -0.39 is 5.97 Å². The highest BCUT2D eigenvalue weighted by molar-refractivity contribution is 5.89. The molecule has 0 aliphatic heterocycles. The zero-order valence-corrected chi connectivity index (χ0v) is 16.2. The van der Waals surface area contributed by atoms with E-state index in [4.69, 9.17) is 10.1 Å². The van der Waals surface area contributed by atoms with Crippen LogP contribution in [0, 0.1) is 6.92 Å². The Bertz CT molecular complexity index is 1170. The van der Waals surface area contributed by atoms with Crippen LogP contribution >= 0.6 is 0 Å². The Morgan fingerprint density at radius 1 is 1.00 bits per heavy atom. The molecule has 0 saturated carbocycles. The molecule has 0 unspecified atom stereocenters. The number of hydrogen-bond donors (Lipinski definition) is 2. The standard InChI is InChI=1S/C24H22N2O2/c1-14(2)18-5-4-6-19-15(3)13-22(26-23(18)19)21-12-11-20(25-21)16-7-9-17(10-8-16)24(27)28/h4-14,25H,1-3H3,(H,27,28). The number of aromatic carboxylic acids is 1. The van der Waals surface area contributed by atoms with E-state index in [-0.39, 0.29) is 5.56 Å². The van der Waals surface area contributed by atoms with Crippen LogP contribution < -0.4 is 0 Å². The first-order valence-electron chi connectivity index (χ1n) is 9.37. The summed E-state index contributed by atoms with van der Waals surface area (Å²) in [5, 5.41) is 10.2. The minimum absolute atomic E-state index is 0.281. The number of aromatic nitrogens is 2. The molecular weight excluding hydrogens is 348 g/mol. The monoisotopic (exact) mass is 370 g/mol. The predicted octanol–water partition coefficient (Wildman–Crippen LogP) is 6.03. The zero-order valence-electron chi connectivity index (χ0n) is 16.2. The molecular formula is C24H22N2O2. The van der Waals surface area contributed by atoms with Crippen molar-refractivity contribution in [1.82, 2.24) is 9.97 Å². The van der Waals surface area contributed by atoms with Crippen LogP contribution in [0.25, 0.3) is 33.5 Å². The molecule has 0 amide bonds. The third-order valence-corrected chi connectivity index (χ3v) is 5.10. The van der Waals surface area contributed by atoms with Gasteiger partial charge in [0.15, 0.2) is 0 Å². The fourth-order valence-electron chi connectivity index (χ4n) is 3.55. The fraction of sp³-hybridized carbons (Fsp3) is 0.167. The van der Waals surface area contributed by atoms with Crippen LogP contribution in [0.1, 0.15) is 41.3 Å². The average Bonchev–Trinajstić information content (AvgIpc) is 3.17. The van der Waals surface area contributed by atoms with Crippen LogP contribution in [0.3, 0.4) is 0 Å². The van der Waals surface area contributed by atoms with E-state index in [9.17, 15) is 4.79 Å². The van der Waals surface area contributed by atoms with Gasteiger partial charge in [0.05, 0.1) is 22.5 Å². The minimum Gasteiger partial charge on any atom is -0.478 e. The van der Waals surface area contributed by atoms with Gasteiger partial charge in [-0.2, -0.15) is 0 Å². The van der Waals surface area contributed by atoms with Crippen molar-refractivity contribution in [3.8, 4) is 22.6 Å². The number of rotatable bonds is 4. The molecule has 2 heterocycles. The summed E-state index contributed by atoms with van der Waals surface area (Å²) in [6.07, 6.45) is 0. The Kier molecular flexibility index (Phi) is 4.47. The molecule has 0 aliphatic carbocycles. The van der Waals surface area contributed by atoms with Gasteiger partial charge >= 0.3 is 5.97 Å². The van der Waals surface area contributed by atoms with Crippen molar-refractivity contribution in [2.24, 2.45) is 0 Å². The molecule has 0 fully saturated rings. The maximum Gasteiger partial charge on any atom is 0.335 e. The summed E-state index contributed by atoms with van der Waals surface area (Å²) in [5.74, 6) is -0.520. The SMILES string of the molecule is Cc1cc(-c2ccc(-c3ccc(C(=O)O)cc3)[nH]2)nc2c(C(C)C)cccc12. The van der Waals surface area contributed by atoms with Crippen molar-refractivity contribution in [2.45, 2.75) is 26.7 Å². The van der Waals surface area contributed by atoms with Crippen molar-refractivity contribution < 1.29 is 9.90 Å². The number of pyridine rings is 1. The van der Waals surface area contributed by atoms with Gasteiger partial charge in [-0.05, 0) is 59.9 Å². The second kappa shape index (κ2) is 6.97. The van der Waals surface area contributed by atoms with Gasteiger partial charge in [-0.15, -0.1) is 0 Å². The molecule has 0 spiro atoms. The van der Waals surface area contributed by atoms with E-state index in [0.29, 0.717) is 5.92 Å². The highest BCUT2D eigenvalue weighted by Gasteiger charge is 2.12. The van der Waals surface area contributed by atoms with Crippen molar-refractivity contribution in [3.05, 3.63) is 77.4 Å². The molecule has 0 bridgehead atoms. The Hall–Kier alpha value is -3.40. The molecule has 2 aromatic carbocycles. The Labute approximate surface area is 163 Å². The summed E-state index contributed by atoms with van der Waals surface area (Å²) < 4.78 is 0. The molecule has 0 atom stereocenters. The van der Waals surface area contributed by atoms with Gasteiger partial charge in [0, 0.05) is 11.1 Å². The molecule has 2 N–H and O–H groups in total. The Balaban J connectivity index is 1.77. The molecule has 2 aromatic heterocycles. The molecule has 0 aliphatic rings. The number of nitrogens with one attached hydrogen (secondary N) is 1. The largest absolute Gasteiger partial charge is 0.478 e. The molecule has 140 valence electrons. The number of carboxylic acids is 1. The van der Waals surface area contributed by atoms with Gasteiger partial charge in [-0.3, -0.25) is 0 Å². The highest BCUT2D eigenvalue weighted by atomic mass is 16.4. The second-order valence-corrected chi connectivity index (χ2v) is 7.39. The number of carboxylic acid groups (broad SMARTS) is 1. The Morgan fingerprint density at radius 2 is 1.71 bits per heavy atom. The summed E-state index contributed by atoms with van der Waals surface area (Å²) in [6, 6.07) is 19.4. The number of hydrogen-bond acceptors (Lipinski definition) is 2. The van der Waals surface area contributed by atoms with Gasteiger partial charge in [-0.25, -0.2) is 9.78 Å². The lowest BCUT2D eigenvalue weighted by molar-refractivity contribution is 0.0697. The first-order valence-corrected chi connectivity index (χ1v) is 9.37. The summed E-state index contributed by atoms with van der Waals surface area (Å²) >= 11 is 0. The summed E-state index contributed by atoms with van der Waals surface area (Å²) in [7, 11) is 0. The minimum atomic E-state index is -0.921. The topological polar surface area (TPSA) is 66.0 Å². The van der Waals surface area contributed by atoms with E-state index in [1.165, 1.54) is 16.5 Å². The van der Waals surface area contributed by atoms with Crippen LogP contribution in [0.15, 0.2) is 60.7 Å². The normalized spacial score (nSPS) is 11.3. The van der Waals surface area contributed by atoms with Crippen molar-refractivity contribution >= 4 is 16.9 Å². The van der Waals surface area contributed by atoms with Crippen molar-refractivity contribution in [1.29, 1.82) is 0 Å². The fourth-order valence-corrected chi connectivity index (χ4v) is 3.55. The first kappa shape index (κ1) is 18.0. The number of fused-ring (bicyclic) bond motifs is 1. The van der Waals surface area contributed by atoms with Gasteiger partial charge in [0.25, 0.3) is 0 Å². The van der Waals surface area contributed by atoms with E-state index in [0.717, 1.165) is 28.2 Å². The van der Waals surface area contributed by atoms with E-state index in [1.54, 1.807) is 12.1 Å². The molecule has 4 rings (SSSR count). The van der Waals surface area contributed by atoms with Gasteiger partial charge < -0.3 is 10.1 Å². The number of para-hydroxylation sites is 1. The molecule has 4 heteroatoms. The van der Waals surface area contributed by atoms with Crippen LogP contribution in [0.2, 0.25) is 0 Å². The lowest BCUT2D eigenvalue weighted by Gasteiger charge is -2.12. The van der Waals surface area contributed by atoms with Crippen LogP contribution in [-0.4, -0.2) is 21.0 Å². The van der Waals surface area contributed by atoms with E-state index in [1.807, 2.05) is 24.3 Å². The third-order valence-electron chi connectivity index (χ3n) is 5.10. The molecule has 4 nitrogen and oxygen atoms in total. The summed E-state index contributed by atoms with van der Waals surface area (Å²) in [6.45, 7) is 6.49. The van der Waals surface area contributed by atoms with Crippen molar-refractivity contribution in [2.75, 3.05) is 0 Å². The number of aryl methyl sites for hydroxylation is 1. The van der Waals surface area contributed by atoms with Crippen LogP contribution in [-0.2, 0) is 0 Å². The number of nitrogens with zero attached hydrogens (tertiary/aromatic N) is 1. The molecule has 4 aromatic rings. The van der Waals surface area contributed by atoms with E-state index >= 15 is 0 Å². The van der Waals surface area contributed by atoms with Crippen LogP contribution in [0.4, 0.5) is 0 Å². The smallest absolute Gasteiger partial charge is 0.335 e. The number of benzene rings is 2. The third kappa shape index (κ3) is 3.18. The summed E-state index contributed by atoms with van der Waals surface area (Å²) in [4.78, 5) is 19.4. The highest BCUT2D eigenvalue weighted by Crippen LogP contribution is 2.30. The summed E-state index contributed by atoms with van der Waals surface area (Å²) in [5.41, 5.74) is 7.51. The number of aromatic amines is 1. The maximum absolute atomic E-state index is 11.0. The van der Waals surface area contributed by atoms with Crippen LogP contribution in [0.5, 0.6) is 0 Å². The second-order valence-electron chi connectivity index (χ2n) is 7.39. The number of carbonyl (C=O) groups is 1. The predicted molar refractivity (Wildman–Crippen MR) is 113 cm³/mol. The zero-order chi connectivity index (χ0) is 19.8. The van der Waals surface area contributed by atoms with E-state index in [2.05, 4.69) is 50.0 Å². The average molecular weight is 370 g/mol. The lowest BCUT2D eigenvalue weighted by atomic mass is 9.97.